The summed E-state index contributed by atoms with van der Waals surface area (Å²) in [7, 11) is 0. The lowest BCUT2D eigenvalue weighted by molar-refractivity contribution is 0.0655. The van der Waals surface area contributed by atoms with Crippen molar-refractivity contribution in [2.75, 3.05) is 19.6 Å². The van der Waals surface area contributed by atoms with E-state index in [4.69, 9.17) is 4.74 Å². The highest BCUT2D eigenvalue weighted by Crippen LogP contribution is 2.43. The lowest BCUT2D eigenvalue weighted by Gasteiger charge is -2.44. The molecule has 1 aromatic heterocycles. The summed E-state index contributed by atoms with van der Waals surface area (Å²) in [5.41, 5.74) is 1.02. The van der Waals surface area contributed by atoms with E-state index in [1.165, 1.54) is 26.0 Å². The number of hydrogen-bond donors (Lipinski definition) is 2. The molecule has 9 heteroatoms. The summed E-state index contributed by atoms with van der Waals surface area (Å²) in [6, 6.07) is 5.36. The van der Waals surface area contributed by atoms with Gasteiger partial charge in [0, 0.05) is 42.2 Å². The molecule has 2 aromatic carbocycles. The van der Waals surface area contributed by atoms with E-state index < -0.39 is 23.3 Å². The Kier molecular flexibility index (Phi) is 6.86. The third kappa shape index (κ3) is 4.63. The van der Waals surface area contributed by atoms with Crippen LogP contribution in [0.3, 0.4) is 0 Å². The number of nitrogens with one attached hydrogen (secondary N) is 2. The van der Waals surface area contributed by atoms with Crippen LogP contribution in [0.1, 0.15) is 49.9 Å². The van der Waals surface area contributed by atoms with Gasteiger partial charge in [-0.05, 0) is 57.4 Å². The molecule has 2 aliphatic rings. The zero-order valence-electron chi connectivity index (χ0n) is 19.5. The van der Waals surface area contributed by atoms with Gasteiger partial charge in [-0.25, -0.2) is 13.2 Å². The standard InChI is InChI=1S/C25H29F3N4O.ClH/c1-14-8-18-17(4-5-22-19(18)12-30-31-22)24(32(14)13-25(2,3)28)23-20(26)9-16(10-21(23)27)33-15-6-7-29-11-15;/h4-5,9-10,12,14-15,24,29H,6-8,11,13H2,1-3H3,(H,30,31);1H/t14-,15+,24+;/m1./s1. The van der Waals surface area contributed by atoms with Crippen LogP contribution in [0.25, 0.3) is 10.9 Å². The van der Waals surface area contributed by atoms with Crippen molar-refractivity contribution in [1.29, 1.82) is 0 Å². The second kappa shape index (κ2) is 9.40. The van der Waals surface area contributed by atoms with Gasteiger partial charge in [0.1, 0.15) is 29.2 Å². The molecule has 3 aromatic rings. The molecule has 0 amide bonds. The molecule has 0 aliphatic carbocycles. The Morgan fingerprint density at radius 2 is 1.94 bits per heavy atom. The molecule has 0 bridgehead atoms. The molecular formula is C25H30ClF3N4O. The number of rotatable bonds is 5. The van der Waals surface area contributed by atoms with Crippen LogP contribution in [0.15, 0.2) is 30.5 Å². The number of nitrogens with zero attached hydrogens (tertiary/aromatic N) is 2. The number of alkyl halides is 1. The number of hydrogen-bond acceptors (Lipinski definition) is 4. The number of aromatic amines is 1. The molecular weight excluding hydrogens is 465 g/mol. The van der Waals surface area contributed by atoms with Crippen molar-refractivity contribution in [1.82, 2.24) is 20.4 Å². The fraction of sp³-hybridized carbons (Fsp3) is 0.480. The summed E-state index contributed by atoms with van der Waals surface area (Å²) in [5.74, 6) is -1.20. The summed E-state index contributed by atoms with van der Waals surface area (Å²) in [4.78, 5) is 1.87. The van der Waals surface area contributed by atoms with E-state index in [0.717, 1.165) is 35.0 Å². The number of halogens is 4. The zero-order chi connectivity index (χ0) is 23.3. The molecule has 184 valence electrons. The minimum atomic E-state index is -1.53. The lowest BCUT2D eigenvalue weighted by atomic mass is 9.82. The minimum Gasteiger partial charge on any atom is -0.489 e. The summed E-state index contributed by atoms with van der Waals surface area (Å²) in [5, 5.41) is 11.2. The molecule has 0 unspecified atom stereocenters. The summed E-state index contributed by atoms with van der Waals surface area (Å²) < 4.78 is 51.8. The van der Waals surface area contributed by atoms with Gasteiger partial charge in [-0.3, -0.25) is 10.00 Å². The molecule has 5 nitrogen and oxygen atoms in total. The third-order valence-corrected chi connectivity index (χ3v) is 6.67. The molecule has 1 fully saturated rings. The first-order valence-corrected chi connectivity index (χ1v) is 11.5. The predicted octanol–water partition coefficient (Wildman–Crippen LogP) is 5.09. The van der Waals surface area contributed by atoms with Gasteiger partial charge in [0.2, 0.25) is 0 Å². The van der Waals surface area contributed by atoms with Crippen molar-refractivity contribution < 1.29 is 17.9 Å². The van der Waals surface area contributed by atoms with Gasteiger partial charge in [0.25, 0.3) is 0 Å². The van der Waals surface area contributed by atoms with Gasteiger partial charge >= 0.3 is 0 Å². The van der Waals surface area contributed by atoms with E-state index in [-0.39, 0.29) is 42.4 Å². The maximum absolute atomic E-state index is 15.6. The van der Waals surface area contributed by atoms with Gasteiger partial charge < -0.3 is 10.1 Å². The van der Waals surface area contributed by atoms with Crippen LogP contribution in [-0.4, -0.2) is 52.5 Å². The van der Waals surface area contributed by atoms with Crippen molar-refractivity contribution in [2.24, 2.45) is 0 Å². The first-order chi connectivity index (χ1) is 15.7. The summed E-state index contributed by atoms with van der Waals surface area (Å²) in [6.45, 7) is 6.47. The average Bonchev–Trinajstić information content (AvgIpc) is 3.40. The zero-order valence-corrected chi connectivity index (χ0v) is 20.3. The maximum Gasteiger partial charge on any atom is 0.134 e. The Morgan fingerprint density at radius 3 is 2.59 bits per heavy atom. The average molecular weight is 495 g/mol. The fourth-order valence-corrected chi connectivity index (χ4v) is 5.24. The summed E-state index contributed by atoms with van der Waals surface area (Å²) in [6.07, 6.45) is 3.06. The highest BCUT2D eigenvalue weighted by atomic mass is 35.5. The second-order valence-electron chi connectivity index (χ2n) is 9.84. The Bertz CT molecular complexity index is 1150. The molecule has 3 atom stereocenters. The molecule has 2 aliphatic heterocycles. The van der Waals surface area contributed by atoms with Crippen LogP contribution in [-0.2, 0) is 6.42 Å². The van der Waals surface area contributed by atoms with Crippen molar-refractivity contribution in [2.45, 2.75) is 57.5 Å². The van der Waals surface area contributed by atoms with Crippen LogP contribution in [0.5, 0.6) is 5.75 Å². The Balaban J connectivity index is 0.00000274. The number of H-pyrrole nitrogens is 1. The van der Waals surface area contributed by atoms with Crippen molar-refractivity contribution >= 4 is 23.3 Å². The number of ether oxygens (including phenoxy) is 1. The molecule has 0 saturated carbocycles. The molecule has 3 heterocycles. The van der Waals surface area contributed by atoms with Crippen LogP contribution in [0.2, 0.25) is 0 Å². The van der Waals surface area contributed by atoms with Gasteiger partial charge in [0.15, 0.2) is 0 Å². The Hall–Kier alpha value is -2.29. The van der Waals surface area contributed by atoms with Gasteiger partial charge in [0.05, 0.1) is 17.8 Å². The normalized spacial score (nSPS) is 23.1. The number of benzene rings is 2. The van der Waals surface area contributed by atoms with Gasteiger partial charge in [-0.15, -0.1) is 12.4 Å². The SMILES string of the molecule is C[C@@H]1Cc2c(ccc3[nH]ncc23)[C@@H](c2c(F)cc(O[C@H]3CCNC3)cc2F)N1CC(C)(C)F.Cl. The first kappa shape index (κ1) is 24.8. The van der Waals surface area contributed by atoms with Gasteiger partial charge in [-0.1, -0.05) is 6.07 Å². The Morgan fingerprint density at radius 1 is 1.21 bits per heavy atom. The number of fused-ring (bicyclic) bond motifs is 3. The molecule has 34 heavy (non-hydrogen) atoms. The monoisotopic (exact) mass is 494 g/mol. The van der Waals surface area contributed by atoms with Crippen LogP contribution < -0.4 is 10.1 Å². The largest absolute Gasteiger partial charge is 0.489 e. The van der Waals surface area contributed by atoms with Crippen LogP contribution in [0.4, 0.5) is 13.2 Å². The fourth-order valence-electron chi connectivity index (χ4n) is 5.24. The van der Waals surface area contributed by atoms with E-state index in [2.05, 4.69) is 15.5 Å². The second-order valence-corrected chi connectivity index (χ2v) is 9.84. The molecule has 5 rings (SSSR count). The lowest BCUT2D eigenvalue weighted by Crippen LogP contribution is -2.48. The molecule has 2 N–H and O–H groups in total. The van der Waals surface area contributed by atoms with Gasteiger partial charge in [-0.2, -0.15) is 5.10 Å². The molecule has 1 saturated heterocycles. The van der Waals surface area contributed by atoms with Crippen LogP contribution >= 0.6 is 12.4 Å². The van der Waals surface area contributed by atoms with E-state index in [0.29, 0.717) is 13.0 Å². The van der Waals surface area contributed by atoms with E-state index in [1.54, 1.807) is 6.20 Å². The number of aromatic nitrogens is 2. The molecule has 0 spiro atoms. The predicted molar refractivity (Wildman–Crippen MR) is 129 cm³/mol. The Labute approximate surface area is 203 Å². The van der Waals surface area contributed by atoms with E-state index >= 15 is 8.78 Å². The van der Waals surface area contributed by atoms with E-state index in [9.17, 15) is 4.39 Å². The highest BCUT2D eigenvalue weighted by Gasteiger charge is 2.40. The molecule has 0 radical (unpaired) electrons. The minimum absolute atomic E-state index is 0. The van der Waals surface area contributed by atoms with E-state index in [1.807, 2.05) is 24.0 Å². The smallest absolute Gasteiger partial charge is 0.134 e. The first-order valence-electron chi connectivity index (χ1n) is 11.5. The van der Waals surface area contributed by atoms with Crippen molar-refractivity contribution in [3.63, 3.8) is 0 Å². The third-order valence-electron chi connectivity index (χ3n) is 6.67. The van der Waals surface area contributed by atoms with Crippen molar-refractivity contribution in [3.05, 3.63) is 58.8 Å². The van der Waals surface area contributed by atoms with Crippen LogP contribution in [0, 0.1) is 11.6 Å². The quantitative estimate of drug-likeness (QED) is 0.519. The highest BCUT2D eigenvalue weighted by molar-refractivity contribution is 5.85. The topological polar surface area (TPSA) is 53.2 Å². The maximum atomic E-state index is 15.6. The van der Waals surface area contributed by atoms with Crippen molar-refractivity contribution in [3.8, 4) is 5.75 Å². The summed E-state index contributed by atoms with van der Waals surface area (Å²) >= 11 is 0.